The average Bonchev–Trinajstić information content (AvgIpc) is 3.31. The van der Waals surface area contributed by atoms with Gasteiger partial charge in [0.15, 0.2) is 5.96 Å². The number of hydrogen-bond donors (Lipinski definition) is 3. The number of aliphatic imine (C=N–C) groups is 1. The van der Waals surface area contributed by atoms with Crippen LogP contribution in [0.15, 0.2) is 72.0 Å². The number of guanidine groups is 1. The van der Waals surface area contributed by atoms with Crippen molar-refractivity contribution in [3.8, 4) is 5.69 Å². The molecule has 1 amide bonds. The van der Waals surface area contributed by atoms with Gasteiger partial charge in [0.25, 0.3) is 0 Å². The van der Waals surface area contributed by atoms with Crippen molar-refractivity contribution < 1.29 is 4.79 Å². The summed E-state index contributed by atoms with van der Waals surface area (Å²) < 4.78 is 1.84. The van der Waals surface area contributed by atoms with Crippen LogP contribution in [0.4, 0.5) is 5.69 Å². The van der Waals surface area contributed by atoms with Gasteiger partial charge in [-0.1, -0.05) is 30.3 Å². The van der Waals surface area contributed by atoms with E-state index in [4.69, 9.17) is 0 Å². The zero-order valence-corrected chi connectivity index (χ0v) is 17.0. The molecule has 0 aliphatic carbocycles. The number of fused-ring (bicyclic) bond motifs is 1. The summed E-state index contributed by atoms with van der Waals surface area (Å²) in [5.41, 5.74) is 4.36. The predicted molar refractivity (Wildman–Crippen MR) is 119 cm³/mol. The largest absolute Gasteiger partial charge is 0.356 e. The van der Waals surface area contributed by atoms with Crippen LogP contribution in [-0.2, 0) is 11.2 Å². The van der Waals surface area contributed by atoms with Crippen molar-refractivity contribution in [3.05, 3.63) is 78.1 Å². The Morgan fingerprint density at radius 1 is 1.17 bits per heavy atom. The number of nitrogens with one attached hydrogen (secondary N) is 3. The standard InChI is InChI=1S/C23H26N6O/c1-24-23(26-16-18-15-22(30)28-21-6-3-2-5-20(18)21)25-13-11-17-7-9-19(10-8-17)29-14-4-12-27-29/h2-10,12,14,18H,11,13,15-16H2,1H3,(H,28,30)(H2,24,25,26). The summed E-state index contributed by atoms with van der Waals surface area (Å²) in [4.78, 5) is 16.3. The van der Waals surface area contributed by atoms with E-state index in [0.717, 1.165) is 35.9 Å². The first-order chi connectivity index (χ1) is 14.7. The molecule has 1 unspecified atom stereocenters. The third kappa shape index (κ3) is 4.68. The minimum Gasteiger partial charge on any atom is -0.356 e. The number of para-hydroxylation sites is 1. The van der Waals surface area contributed by atoms with Crippen LogP contribution in [0.2, 0.25) is 0 Å². The van der Waals surface area contributed by atoms with Crippen LogP contribution in [0.25, 0.3) is 5.69 Å². The molecule has 0 fully saturated rings. The highest BCUT2D eigenvalue weighted by Gasteiger charge is 2.24. The first-order valence-electron chi connectivity index (χ1n) is 10.1. The van der Waals surface area contributed by atoms with E-state index in [1.165, 1.54) is 5.56 Å². The Hall–Kier alpha value is -3.61. The van der Waals surface area contributed by atoms with E-state index < -0.39 is 0 Å². The van der Waals surface area contributed by atoms with Crippen molar-refractivity contribution in [3.63, 3.8) is 0 Å². The van der Waals surface area contributed by atoms with Gasteiger partial charge >= 0.3 is 0 Å². The zero-order chi connectivity index (χ0) is 20.8. The minimum absolute atomic E-state index is 0.0574. The van der Waals surface area contributed by atoms with E-state index in [-0.39, 0.29) is 11.8 Å². The molecule has 3 aromatic rings. The second-order valence-electron chi connectivity index (χ2n) is 7.28. The lowest BCUT2D eigenvalue weighted by atomic mass is 9.90. The molecule has 1 aliphatic rings. The molecule has 0 radical (unpaired) electrons. The summed E-state index contributed by atoms with van der Waals surface area (Å²) in [6.45, 7) is 1.42. The van der Waals surface area contributed by atoms with Gasteiger partial charge in [0, 0.05) is 50.6 Å². The molecule has 1 aliphatic heterocycles. The molecule has 4 rings (SSSR count). The third-order valence-corrected chi connectivity index (χ3v) is 5.26. The number of amides is 1. The Kier molecular flexibility index (Phi) is 6.08. The number of aromatic nitrogens is 2. The Bertz CT molecular complexity index is 1010. The summed E-state index contributed by atoms with van der Waals surface area (Å²) in [5, 5.41) is 13.9. The van der Waals surface area contributed by atoms with E-state index in [2.05, 4.69) is 56.4 Å². The molecular formula is C23H26N6O. The van der Waals surface area contributed by atoms with Gasteiger partial charge in [0.2, 0.25) is 5.91 Å². The molecule has 0 saturated heterocycles. The maximum atomic E-state index is 12.0. The summed E-state index contributed by atoms with van der Waals surface area (Å²) in [5.74, 6) is 0.928. The van der Waals surface area contributed by atoms with Gasteiger partial charge in [-0.15, -0.1) is 0 Å². The van der Waals surface area contributed by atoms with Crippen molar-refractivity contribution >= 4 is 17.6 Å². The number of carbonyl (C=O) groups is 1. The van der Waals surface area contributed by atoms with Crippen LogP contribution < -0.4 is 16.0 Å². The van der Waals surface area contributed by atoms with Crippen LogP contribution in [0.3, 0.4) is 0 Å². The van der Waals surface area contributed by atoms with Crippen molar-refractivity contribution in [2.75, 3.05) is 25.5 Å². The molecule has 7 nitrogen and oxygen atoms in total. The summed E-state index contributed by atoms with van der Waals surface area (Å²) in [6.07, 6.45) is 5.06. The van der Waals surface area contributed by atoms with Gasteiger partial charge < -0.3 is 16.0 Å². The maximum absolute atomic E-state index is 12.0. The van der Waals surface area contributed by atoms with Gasteiger partial charge in [-0.25, -0.2) is 4.68 Å². The Morgan fingerprint density at radius 3 is 2.77 bits per heavy atom. The van der Waals surface area contributed by atoms with Gasteiger partial charge in [0.1, 0.15) is 0 Å². The maximum Gasteiger partial charge on any atom is 0.225 e. The van der Waals surface area contributed by atoms with E-state index >= 15 is 0 Å². The number of carbonyl (C=O) groups excluding carboxylic acids is 1. The fourth-order valence-electron chi connectivity index (χ4n) is 3.69. The summed E-state index contributed by atoms with van der Waals surface area (Å²) in [7, 11) is 1.76. The number of nitrogens with zero attached hydrogens (tertiary/aromatic N) is 3. The molecule has 3 N–H and O–H groups in total. The fraction of sp³-hybridized carbons (Fsp3) is 0.261. The molecule has 1 aromatic heterocycles. The van der Waals surface area contributed by atoms with Gasteiger partial charge in [-0.05, 0) is 41.8 Å². The van der Waals surface area contributed by atoms with Crippen LogP contribution in [0.1, 0.15) is 23.5 Å². The molecule has 154 valence electrons. The highest BCUT2D eigenvalue weighted by Crippen LogP contribution is 2.31. The molecule has 0 bridgehead atoms. The van der Waals surface area contributed by atoms with Crippen molar-refractivity contribution in [1.82, 2.24) is 20.4 Å². The number of benzene rings is 2. The number of anilines is 1. The van der Waals surface area contributed by atoms with Gasteiger partial charge in [-0.3, -0.25) is 9.79 Å². The Morgan fingerprint density at radius 2 is 2.00 bits per heavy atom. The molecule has 2 aromatic carbocycles. The van der Waals surface area contributed by atoms with E-state index in [1.54, 1.807) is 13.2 Å². The topological polar surface area (TPSA) is 83.3 Å². The quantitative estimate of drug-likeness (QED) is 0.437. The highest BCUT2D eigenvalue weighted by molar-refractivity contribution is 5.94. The summed E-state index contributed by atoms with van der Waals surface area (Å²) in [6, 6.07) is 18.3. The minimum atomic E-state index is 0.0574. The first-order valence-corrected chi connectivity index (χ1v) is 10.1. The van der Waals surface area contributed by atoms with E-state index in [1.807, 2.05) is 35.1 Å². The number of hydrogen-bond acceptors (Lipinski definition) is 3. The summed E-state index contributed by atoms with van der Waals surface area (Å²) >= 11 is 0. The van der Waals surface area contributed by atoms with Crippen LogP contribution in [0.5, 0.6) is 0 Å². The molecule has 0 saturated carbocycles. The normalized spacial score (nSPS) is 16.0. The Labute approximate surface area is 176 Å². The fourth-order valence-corrected chi connectivity index (χ4v) is 3.69. The van der Waals surface area contributed by atoms with E-state index in [0.29, 0.717) is 13.0 Å². The smallest absolute Gasteiger partial charge is 0.225 e. The zero-order valence-electron chi connectivity index (χ0n) is 17.0. The molecule has 2 heterocycles. The molecule has 1 atom stereocenters. The average molecular weight is 403 g/mol. The predicted octanol–water partition coefficient (Wildman–Crippen LogP) is 2.71. The lowest BCUT2D eigenvalue weighted by Gasteiger charge is -2.26. The van der Waals surface area contributed by atoms with E-state index in [9.17, 15) is 4.79 Å². The van der Waals surface area contributed by atoms with Crippen molar-refractivity contribution in [2.24, 2.45) is 4.99 Å². The molecular weight excluding hydrogens is 376 g/mol. The molecule has 30 heavy (non-hydrogen) atoms. The second kappa shape index (κ2) is 9.26. The molecule has 7 heteroatoms. The number of rotatable bonds is 6. The highest BCUT2D eigenvalue weighted by atomic mass is 16.1. The second-order valence-corrected chi connectivity index (χ2v) is 7.28. The van der Waals surface area contributed by atoms with Crippen LogP contribution >= 0.6 is 0 Å². The van der Waals surface area contributed by atoms with Crippen LogP contribution in [-0.4, -0.2) is 41.8 Å². The first kappa shape index (κ1) is 19.7. The molecule has 0 spiro atoms. The van der Waals surface area contributed by atoms with Gasteiger partial charge in [-0.2, -0.15) is 5.10 Å². The Balaban J connectivity index is 1.27. The van der Waals surface area contributed by atoms with Crippen molar-refractivity contribution in [1.29, 1.82) is 0 Å². The third-order valence-electron chi connectivity index (χ3n) is 5.26. The van der Waals surface area contributed by atoms with Gasteiger partial charge in [0.05, 0.1) is 5.69 Å². The lowest BCUT2D eigenvalue weighted by molar-refractivity contribution is -0.116. The monoisotopic (exact) mass is 402 g/mol. The van der Waals surface area contributed by atoms with Crippen molar-refractivity contribution in [2.45, 2.75) is 18.8 Å². The lowest BCUT2D eigenvalue weighted by Crippen LogP contribution is -2.41. The SMILES string of the molecule is CN=C(NCCc1ccc(-n2cccn2)cc1)NCC1CC(=O)Nc2ccccc21. The van der Waals surface area contributed by atoms with Crippen LogP contribution in [0, 0.1) is 0 Å².